The van der Waals surface area contributed by atoms with Gasteiger partial charge in [-0.3, -0.25) is 0 Å². The summed E-state index contributed by atoms with van der Waals surface area (Å²) in [6.07, 6.45) is 2.51. The van der Waals surface area contributed by atoms with Gasteiger partial charge in [-0.05, 0) is 28.4 Å². The smallest absolute Gasteiger partial charge is 0.160 e. The van der Waals surface area contributed by atoms with Gasteiger partial charge in [0.1, 0.15) is 11.3 Å². The quantitative estimate of drug-likeness (QED) is 0.944. The molecule has 0 amide bonds. The predicted octanol–water partition coefficient (Wildman–Crippen LogP) is 2.70. The van der Waals surface area contributed by atoms with Gasteiger partial charge in [0.05, 0.1) is 0 Å². The Labute approximate surface area is 109 Å². The molecule has 0 aromatic carbocycles. The van der Waals surface area contributed by atoms with Crippen LogP contribution < -0.4 is 0 Å². The van der Waals surface area contributed by atoms with Gasteiger partial charge in [0.2, 0.25) is 0 Å². The Bertz CT molecular complexity index is 522. The minimum Gasteiger partial charge on any atom is -0.396 e. The minimum absolute atomic E-state index is 0.188. The maximum absolute atomic E-state index is 8.95. The summed E-state index contributed by atoms with van der Waals surface area (Å²) in [4.78, 5) is 9.02. The molecule has 0 fully saturated rings. The topological polar surface area (TPSA) is 50.9 Å². The van der Waals surface area contributed by atoms with Crippen molar-refractivity contribution in [3.8, 4) is 0 Å². The molecule has 0 aliphatic rings. The van der Waals surface area contributed by atoms with E-state index in [9.17, 15) is 0 Å². The zero-order chi connectivity index (χ0) is 12.4. The fourth-order valence-corrected chi connectivity index (χ4v) is 2.21. The van der Waals surface area contributed by atoms with Crippen LogP contribution in [0.3, 0.4) is 0 Å². The fraction of sp³-hybridized carbons (Fsp3) is 0.500. The highest BCUT2D eigenvalue weighted by Gasteiger charge is 2.14. The van der Waals surface area contributed by atoms with Crippen molar-refractivity contribution in [3.63, 3.8) is 0 Å². The number of pyridine rings is 1. The Kier molecular flexibility index (Phi) is 3.79. The Hall–Kier alpha value is -0.940. The number of aromatic nitrogens is 3. The van der Waals surface area contributed by atoms with Gasteiger partial charge in [0.15, 0.2) is 5.65 Å². The number of aliphatic hydroxyl groups is 1. The first kappa shape index (κ1) is 12.5. The van der Waals surface area contributed by atoms with Crippen molar-refractivity contribution in [2.75, 3.05) is 6.61 Å². The number of rotatable bonds is 4. The van der Waals surface area contributed by atoms with Crippen LogP contribution in [0.1, 0.15) is 32.0 Å². The van der Waals surface area contributed by atoms with Gasteiger partial charge in [-0.25, -0.2) is 9.97 Å². The van der Waals surface area contributed by atoms with Crippen LogP contribution in [0.15, 0.2) is 16.7 Å². The maximum atomic E-state index is 8.95. The number of nitrogens with zero attached hydrogens (tertiary/aromatic N) is 3. The lowest BCUT2D eigenvalue weighted by Crippen LogP contribution is -2.07. The van der Waals surface area contributed by atoms with Crippen LogP contribution in [0, 0.1) is 0 Å². The molecule has 0 aliphatic heterocycles. The largest absolute Gasteiger partial charge is 0.396 e. The lowest BCUT2D eigenvalue weighted by atomic mass is 10.2. The van der Waals surface area contributed by atoms with Gasteiger partial charge in [0, 0.05) is 29.7 Å². The molecule has 2 aromatic rings. The third-order valence-corrected chi connectivity index (χ3v) is 3.07. The highest BCUT2D eigenvalue weighted by atomic mass is 79.9. The summed E-state index contributed by atoms with van der Waals surface area (Å²) in [7, 11) is 0. The molecule has 0 saturated carbocycles. The second kappa shape index (κ2) is 5.14. The molecule has 0 atom stereocenters. The van der Waals surface area contributed by atoms with E-state index in [1.54, 1.807) is 6.20 Å². The van der Waals surface area contributed by atoms with E-state index in [2.05, 4.69) is 44.3 Å². The molecule has 4 nitrogen and oxygen atoms in total. The molecule has 92 valence electrons. The summed E-state index contributed by atoms with van der Waals surface area (Å²) < 4.78 is 3.04. The fourth-order valence-electron chi connectivity index (χ4n) is 1.89. The van der Waals surface area contributed by atoms with E-state index in [0.717, 1.165) is 34.4 Å². The second-order valence-electron chi connectivity index (χ2n) is 4.35. The Morgan fingerprint density at radius 2 is 2.24 bits per heavy atom. The normalized spacial score (nSPS) is 11.6. The molecule has 2 aromatic heterocycles. The molecule has 17 heavy (non-hydrogen) atoms. The number of aliphatic hydroxyl groups excluding tert-OH is 1. The Morgan fingerprint density at radius 3 is 2.88 bits per heavy atom. The van der Waals surface area contributed by atoms with Gasteiger partial charge < -0.3 is 9.67 Å². The zero-order valence-electron chi connectivity index (χ0n) is 10.0. The highest BCUT2D eigenvalue weighted by molar-refractivity contribution is 9.10. The molecule has 0 unspecified atom stereocenters. The average molecular weight is 298 g/mol. The molecule has 0 aliphatic carbocycles. The van der Waals surface area contributed by atoms with Crippen LogP contribution in [-0.2, 0) is 6.54 Å². The van der Waals surface area contributed by atoms with Gasteiger partial charge in [-0.2, -0.15) is 0 Å². The number of hydrogen-bond acceptors (Lipinski definition) is 3. The molecule has 0 saturated heterocycles. The van der Waals surface area contributed by atoms with Crippen molar-refractivity contribution < 1.29 is 5.11 Å². The average Bonchev–Trinajstić information content (AvgIpc) is 2.64. The maximum Gasteiger partial charge on any atom is 0.160 e. The Morgan fingerprint density at radius 1 is 1.47 bits per heavy atom. The zero-order valence-corrected chi connectivity index (χ0v) is 11.6. The van der Waals surface area contributed by atoms with Crippen LogP contribution in [0.4, 0.5) is 0 Å². The first-order valence-corrected chi connectivity index (χ1v) is 6.55. The van der Waals surface area contributed by atoms with E-state index >= 15 is 0 Å². The summed E-state index contributed by atoms with van der Waals surface area (Å²) in [5.41, 5.74) is 1.80. The molecule has 2 rings (SSSR count). The molecule has 5 heteroatoms. The van der Waals surface area contributed by atoms with Crippen LogP contribution in [0.2, 0.25) is 0 Å². The summed E-state index contributed by atoms with van der Waals surface area (Å²) in [5, 5.41) is 8.95. The summed E-state index contributed by atoms with van der Waals surface area (Å²) in [5.74, 6) is 1.38. The highest BCUT2D eigenvalue weighted by Crippen LogP contribution is 2.22. The summed E-state index contributed by atoms with van der Waals surface area (Å²) in [6.45, 7) is 5.18. The van der Waals surface area contributed by atoms with Crippen molar-refractivity contribution in [2.45, 2.75) is 32.7 Å². The molecule has 2 heterocycles. The number of hydrogen-bond donors (Lipinski definition) is 1. The van der Waals surface area contributed by atoms with E-state index in [1.807, 2.05) is 6.07 Å². The van der Waals surface area contributed by atoms with Crippen LogP contribution in [0.5, 0.6) is 0 Å². The molecular weight excluding hydrogens is 282 g/mol. The van der Waals surface area contributed by atoms with Crippen molar-refractivity contribution in [1.82, 2.24) is 14.5 Å². The minimum atomic E-state index is 0.188. The van der Waals surface area contributed by atoms with Crippen molar-refractivity contribution in [2.24, 2.45) is 0 Å². The molecular formula is C12H16BrN3O. The third kappa shape index (κ3) is 2.50. The molecule has 0 radical (unpaired) electrons. The standard InChI is InChI=1S/C12H16BrN3O/c1-8(2)11-15-10-6-9(13)7-14-12(10)16(11)4-3-5-17/h6-8,17H,3-5H2,1-2H3. The first-order valence-electron chi connectivity index (χ1n) is 5.76. The summed E-state index contributed by atoms with van der Waals surface area (Å²) in [6, 6.07) is 1.98. The molecule has 0 bridgehead atoms. The van der Waals surface area contributed by atoms with E-state index in [-0.39, 0.29) is 6.61 Å². The van der Waals surface area contributed by atoms with Crippen molar-refractivity contribution >= 4 is 27.1 Å². The second-order valence-corrected chi connectivity index (χ2v) is 5.27. The molecule has 0 spiro atoms. The van der Waals surface area contributed by atoms with Gasteiger partial charge in [-0.15, -0.1) is 0 Å². The number of aryl methyl sites for hydroxylation is 1. The number of imidazole rings is 1. The van der Waals surface area contributed by atoms with Crippen LogP contribution in [-0.4, -0.2) is 26.2 Å². The van der Waals surface area contributed by atoms with Gasteiger partial charge >= 0.3 is 0 Å². The van der Waals surface area contributed by atoms with E-state index in [4.69, 9.17) is 5.11 Å². The van der Waals surface area contributed by atoms with E-state index in [1.165, 1.54) is 0 Å². The van der Waals surface area contributed by atoms with Crippen LogP contribution >= 0.6 is 15.9 Å². The van der Waals surface area contributed by atoms with E-state index in [0.29, 0.717) is 5.92 Å². The lowest BCUT2D eigenvalue weighted by molar-refractivity contribution is 0.279. The molecule has 1 N–H and O–H groups in total. The van der Waals surface area contributed by atoms with E-state index < -0.39 is 0 Å². The van der Waals surface area contributed by atoms with Crippen molar-refractivity contribution in [3.05, 3.63) is 22.6 Å². The Balaban J connectivity index is 2.54. The monoisotopic (exact) mass is 297 g/mol. The van der Waals surface area contributed by atoms with Gasteiger partial charge in [-0.1, -0.05) is 13.8 Å². The lowest BCUT2D eigenvalue weighted by Gasteiger charge is -2.09. The van der Waals surface area contributed by atoms with Crippen LogP contribution in [0.25, 0.3) is 11.2 Å². The SMILES string of the molecule is CC(C)c1nc2cc(Br)cnc2n1CCCO. The number of halogens is 1. The summed E-state index contributed by atoms with van der Waals surface area (Å²) >= 11 is 3.40. The first-order chi connectivity index (χ1) is 8.13. The van der Waals surface area contributed by atoms with Gasteiger partial charge in [0.25, 0.3) is 0 Å². The predicted molar refractivity (Wildman–Crippen MR) is 71.0 cm³/mol. The van der Waals surface area contributed by atoms with Crippen molar-refractivity contribution in [1.29, 1.82) is 0 Å². The third-order valence-electron chi connectivity index (χ3n) is 2.64. The number of fused-ring (bicyclic) bond motifs is 1.